The highest BCUT2D eigenvalue weighted by Crippen LogP contribution is 2.27. The van der Waals surface area contributed by atoms with E-state index >= 15 is 0 Å². The maximum Gasteiger partial charge on any atom is 0.234 e. The molecule has 3 rings (SSSR count). The molecule has 0 saturated carbocycles. The van der Waals surface area contributed by atoms with E-state index in [4.69, 9.17) is 32.7 Å². The van der Waals surface area contributed by atoms with Crippen LogP contribution in [-0.2, 0) is 16.0 Å². The van der Waals surface area contributed by atoms with Crippen LogP contribution in [0.4, 0.5) is 15.8 Å². The van der Waals surface area contributed by atoms with E-state index in [0.29, 0.717) is 30.3 Å². The Labute approximate surface area is 225 Å². The van der Waals surface area contributed by atoms with Crippen LogP contribution in [0.5, 0.6) is 5.75 Å². The number of carbonyl (C=O) groups is 1. The summed E-state index contributed by atoms with van der Waals surface area (Å²) in [5.41, 5.74) is 2.74. The van der Waals surface area contributed by atoms with Gasteiger partial charge in [0.25, 0.3) is 0 Å². The third kappa shape index (κ3) is 8.43. The quantitative estimate of drug-likeness (QED) is 0.279. The minimum Gasteiger partial charge on any atom is -0.462 e. The number of carbonyl (C=O) groups excluding carboxylic acids is 1. The fraction of sp³-hybridized carbons (Fsp3) is 0.500. The summed E-state index contributed by atoms with van der Waals surface area (Å²) in [4.78, 5) is 14.5. The standard InChI is InChI=1S/C26H33Cl2FN2O6/c27-12-14-31(15-13-28)19-8-4-17(5-9-19)2-1-3-22(33)30-18-6-10-20(11-7-18)36-26-23(29)25(35)24(34)21(16-32)37-26/h4-11,21,23-26,32,34-35H,1-3,12-16H2,(H,30,33)/t21-,23-,24-,25-,26-/m1/s1. The molecule has 1 fully saturated rings. The van der Waals surface area contributed by atoms with Crippen molar-refractivity contribution in [3.63, 3.8) is 0 Å². The summed E-state index contributed by atoms with van der Waals surface area (Å²) in [5, 5.41) is 31.6. The van der Waals surface area contributed by atoms with E-state index in [-0.39, 0.29) is 11.7 Å². The Kier molecular flexibility index (Phi) is 11.7. The lowest BCUT2D eigenvalue weighted by Gasteiger charge is -2.38. The Hall–Kier alpha value is -2.14. The molecule has 5 atom stereocenters. The van der Waals surface area contributed by atoms with Gasteiger partial charge in [-0.25, -0.2) is 4.39 Å². The topological polar surface area (TPSA) is 111 Å². The first-order chi connectivity index (χ1) is 17.9. The molecule has 2 aromatic carbocycles. The Morgan fingerprint density at radius 3 is 2.27 bits per heavy atom. The van der Waals surface area contributed by atoms with E-state index < -0.39 is 37.4 Å². The molecule has 2 aromatic rings. The molecular weight excluding hydrogens is 526 g/mol. The first-order valence-electron chi connectivity index (χ1n) is 12.1. The number of anilines is 2. The maximum atomic E-state index is 14.3. The van der Waals surface area contributed by atoms with Crippen LogP contribution in [0.15, 0.2) is 48.5 Å². The van der Waals surface area contributed by atoms with Gasteiger partial charge in [0.15, 0.2) is 6.17 Å². The number of amides is 1. The molecule has 0 radical (unpaired) electrons. The highest BCUT2D eigenvalue weighted by atomic mass is 35.5. The number of benzene rings is 2. The number of rotatable bonds is 13. The molecule has 1 amide bonds. The van der Waals surface area contributed by atoms with Crippen LogP contribution < -0.4 is 15.0 Å². The van der Waals surface area contributed by atoms with Crippen molar-refractivity contribution in [2.45, 2.75) is 50.0 Å². The van der Waals surface area contributed by atoms with Crippen LogP contribution in [0.2, 0.25) is 0 Å². The van der Waals surface area contributed by atoms with Gasteiger partial charge in [0, 0.05) is 42.6 Å². The van der Waals surface area contributed by atoms with Crippen molar-refractivity contribution >= 4 is 40.5 Å². The van der Waals surface area contributed by atoms with Gasteiger partial charge in [-0.05, 0) is 54.8 Å². The van der Waals surface area contributed by atoms with Gasteiger partial charge in [-0.2, -0.15) is 0 Å². The number of nitrogens with zero attached hydrogens (tertiary/aromatic N) is 1. The van der Waals surface area contributed by atoms with Crippen LogP contribution in [0, 0.1) is 0 Å². The highest BCUT2D eigenvalue weighted by molar-refractivity contribution is 6.18. The Bertz CT molecular complexity index is 961. The maximum absolute atomic E-state index is 14.3. The molecule has 1 saturated heterocycles. The molecule has 4 N–H and O–H groups in total. The zero-order valence-corrected chi connectivity index (χ0v) is 21.8. The molecule has 8 nitrogen and oxygen atoms in total. The predicted molar refractivity (Wildman–Crippen MR) is 141 cm³/mol. The van der Waals surface area contributed by atoms with Gasteiger partial charge in [0.05, 0.1) is 6.61 Å². The number of aliphatic hydroxyl groups excluding tert-OH is 3. The summed E-state index contributed by atoms with van der Waals surface area (Å²) < 4.78 is 24.9. The van der Waals surface area contributed by atoms with E-state index in [1.165, 1.54) is 12.1 Å². The van der Waals surface area contributed by atoms with Crippen molar-refractivity contribution in [2.24, 2.45) is 0 Å². The van der Waals surface area contributed by atoms with Gasteiger partial charge in [0.1, 0.15) is 24.1 Å². The Morgan fingerprint density at radius 1 is 1.03 bits per heavy atom. The third-order valence-electron chi connectivity index (χ3n) is 6.08. The zero-order chi connectivity index (χ0) is 26.8. The summed E-state index contributed by atoms with van der Waals surface area (Å²) in [6.45, 7) is 0.856. The predicted octanol–water partition coefficient (Wildman–Crippen LogP) is 3.09. The molecule has 11 heteroatoms. The molecular formula is C26H33Cl2FN2O6. The van der Waals surface area contributed by atoms with E-state index in [0.717, 1.165) is 30.8 Å². The second kappa shape index (κ2) is 14.7. The average Bonchev–Trinajstić information content (AvgIpc) is 2.90. The number of hydrogen-bond donors (Lipinski definition) is 4. The van der Waals surface area contributed by atoms with Gasteiger partial charge in [0.2, 0.25) is 12.2 Å². The van der Waals surface area contributed by atoms with Gasteiger partial charge in [-0.15, -0.1) is 23.2 Å². The molecule has 0 spiro atoms. The second-order valence-electron chi connectivity index (χ2n) is 8.73. The van der Waals surface area contributed by atoms with Crippen LogP contribution in [0.1, 0.15) is 18.4 Å². The average molecular weight is 559 g/mol. The van der Waals surface area contributed by atoms with E-state index in [2.05, 4.69) is 10.2 Å². The Morgan fingerprint density at radius 2 is 1.68 bits per heavy atom. The molecule has 204 valence electrons. The molecule has 0 bridgehead atoms. The zero-order valence-electron chi connectivity index (χ0n) is 20.3. The first-order valence-corrected chi connectivity index (χ1v) is 13.2. The highest BCUT2D eigenvalue weighted by Gasteiger charge is 2.46. The number of halogens is 3. The van der Waals surface area contributed by atoms with Crippen LogP contribution in [-0.4, -0.2) is 83.5 Å². The number of aryl methyl sites for hydroxylation is 1. The second-order valence-corrected chi connectivity index (χ2v) is 9.48. The van der Waals surface area contributed by atoms with Crippen molar-refractivity contribution in [3.8, 4) is 5.75 Å². The molecule has 0 aromatic heterocycles. The number of alkyl halides is 3. The molecule has 0 unspecified atom stereocenters. The Balaban J connectivity index is 1.44. The van der Waals surface area contributed by atoms with Gasteiger partial charge in [-0.1, -0.05) is 12.1 Å². The summed E-state index contributed by atoms with van der Waals surface area (Å²) in [6.07, 6.45) is -6.17. The van der Waals surface area contributed by atoms with Crippen molar-refractivity contribution in [1.29, 1.82) is 0 Å². The van der Waals surface area contributed by atoms with E-state index in [1.54, 1.807) is 12.1 Å². The van der Waals surface area contributed by atoms with E-state index in [1.807, 2.05) is 24.3 Å². The number of aliphatic hydroxyl groups is 3. The SMILES string of the molecule is O=C(CCCc1ccc(N(CCCl)CCCl)cc1)Nc1ccc(O[C@@H]2O[C@H](CO)[C@@H](O)[C@H](O)[C@H]2F)cc1. The summed E-state index contributed by atoms with van der Waals surface area (Å²) in [6, 6.07) is 14.4. The van der Waals surface area contributed by atoms with Crippen LogP contribution >= 0.6 is 23.2 Å². The first kappa shape index (κ1) is 29.4. The summed E-state index contributed by atoms with van der Waals surface area (Å²) in [7, 11) is 0. The molecule has 0 aliphatic carbocycles. The molecule has 1 heterocycles. The minimum atomic E-state index is -2.00. The van der Waals surface area contributed by atoms with Crippen molar-refractivity contribution < 1.29 is 34.0 Å². The van der Waals surface area contributed by atoms with Crippen molar-refractivity contribution in [2.75, 3.05) is 41.7 Å². The van der Waals surface area contributed by atoms with Crippen LogP contribution in [0.3, 0.4) is 0 Å². The lowest BCUT2D eigenvalue weighted by atomic mass is 10.0. The fourth-order valence-electron chi connectivity index (χ4n) is 4.02. The summed E-state index contributed by atoms with van der Waals surface area (Å²) >= 11 is 11.7. The largest absolute Gasteiger partial charge is 0.462 e. The molecule has 1 aliphatic heterocycles. The third-order valence-corrected chi connectivity index (χ3v) is 6.41. The van der Waals surface area contributed by atoms with Crippen LogP contribution in [0.25, 0.3) is 0 Å². The summed E-state index contributed by atoms with van der Waals surface area (Å²) in [5.74, 6) is 1.15. The normalized spacial score (nSPS) is 23.5. The fourth-order valence-corrected chi connectivity index (χ4v) is 4.42. The molecule has 1 aliphatic rings. The molecule has 37 heavy (non-hydrogen) atoms. The van der Waals surface area contributed by atoms with E-state index in [9.17, 15) is 24.5 Å². The number of nitrogens with one attached hydrogen (secondary N) is 1. The number of ether oxygens (including phenoxy) is 2. The van der Waals surface area contributed by atoms with Gasteiger partial charge in [-0.3, -0.25) is 4.79 Å². The van der Waals surface area contributed by atoms with Gasteiger partial charge < -0.3 is 35.0 Å². The lowest BCUT2D eigenvalue weighted by molar-refractivity contribution is -0.261. The smallest absolute Gasteiger partial charge is 0.234 e. The number of hydrogen-bond acceptors (Lipinski definition) is 7. The van der Waals surface area contributed by atoms with Crippen molar-refractivity contribution in [1.82, 2.24) is 0 Å². The monoisotopic (exact) mass is 558 g/mol. The van der Waals surface area contributed by atoms with Gasteiger partial charge >= 0.3 is 0 Å². The minimum absolute atomic E-state index is 0.136. The van der Waals surface area contributed by atoms with Crippen molar-refractivity contribution in [3.05, 3.63) is 54.1 Å². The lowest BCUT2D eigenvalue weighted by Crippen LogP contribution is -2.58.